The molecule has 0 aromatic heterocycles. The lowest BCUT2D eigenvalue weighted by Gasteiger charge is -2.13. The molecule has 0 aliphatic carbocycles. The molecule has 0 unspecified atom stereocenters. The molecule has 0 radical (unpaired) electrons. The van der Waals surface area contributed by atoms with Gasteiger partial charge in [0.15, 0.2) is 0 Å². The molecule has 0 aliphatic heterocycles. The molecule has 1 aromatic carbocycles. The minimum absolute atomic E-state index is 0.165. The van der Waals surface area contributed by atoms with Crippen molar-refractivity contribution in [2.24, 2.45) is 0 Å². The number of hydrogen-bond donors (Lipinski definition) is 0. The van der Waals surface area contributed by atoms with Crippen LogP contribution in [-0.2, 0) is 4.79 Å². The first kappa shape index (κ1) is 11.8. The zero-order valence-electron chi connectivity index (χ0n) is 9.89. The Kier molecular flexibility index (Phi) is 3.89. The van der Waals surface area contributed by atoms with E-state index < -0.39 is 0 Å². The highest BCUT2D eigenvalue weighted by Gasteiger charge is 2.06. The molecule has 2 nitrogen and oxygen atoms in total. The third-order valence-corrected chi connectivity index (χ3v) is 2.57. The number of aryl methyl sites for hydroxylation is 2. The van der Waals surface area contributed by atoms with E-state index in [1.54, 1.807) is 6.92 Å². The van der Waals surface area contributed by atoms with Crippen LogP contribution in [0, 0.1) is 20.8 Å². The molecule has 0 N–H and O–H groups in total. The van der Waals surface area contributed by atoms with E-state index in [9.17, 15) is 4.79 Å². The van der Waals surface area contributed by atoms with Gasteiger partial charge in [0.25, 0.3) is 0 Å². The van der Waals surface area contributed by atoms with Crippen LogP contribution in [-0.4, -0.2) is 12.4 Å². The van der Waals surface area contributed by atoms with Gasteiger partial charge in [-0.3, -0.25) is 4.79 Å². The van der Waals surface area contributed by atoms with Gasteiger partial charge in [0, 0.05) is 6.42 Å². The Balaban J connectivity index is 2.75. The normalized spacial score (nSPS) is 10.1. The van der Waals surface area contributed by atoms with Gasteiger partial charge < -0.3 is 4.74 Å². The zero-order valence-corrected chi connectivity index (χ0v) is 9.89. The Labute approximate surface area is 91.3 Å². The summed E-state index contributed by atoms with van der Waals surface area (Å²) in [4.78, 5) is 10.8. The highest BCUT2D eigenvalue weighted by atomic mass is 16.5. The Morgan fingerprint density at radius 2 is 1.80 bits per heavy atom. The Bertz CT molecular complexity index is 367. The van der Waals surface area contributed by atoms with E-state index in [1.165, 1.54) is 11.1 Å². The van der Waals surface area contributed by atoms with Crippen LogP contribution in [0.3, 0.4) is 0 Å². The summed E-state index contributed by atoms with van der Waals surface area (Å²) in [6, 6.07) is 4.13. The maximum absolute atomic E-state index is 10.8. The summed E-state index contributed by atoms with van der Waals surface area (Å²) in [5.41, 5.74) is 3.51. The van der Waals surface area contributed by atoms with E-state index in [2.05, 4.69) is 13.0 Å². The zero-order chi connectivity index (χ0) is 11.4. The lowest BCUT2D eigenvalue weighted by atomic mass is 10.1. The standard InChI is InChI=1S/C13H18O2/c1-9-5-6-10(2)13(12(9)4)15-8-7-11(3)14/h5-6H,7-8H2,1-4H3. The second kappa shape index (κ2) is 4.96. The first-order valence-electron chi connectivity index (χ1n) is 5.21. The Morgan fingerprint density at radius 1 is 1.20 bits per heavy atom. The molecule has 2 heteroatoms. The summed E-state index contributed by atoms with van der Waals surface area (Å²) in [6.07, 6.45) is 0.479. The van der Waals surface area contributed by atoms with E-state index >= 15 is 0 Å². The van der Waals surface area contributed by atoms with Crippen molar-refractivity contribution in [1.82, 2.24) is 0 Å². The molecule has 82 valence electrons. The lowest BCUT2D eigenvalue weighted by Crippen LogP contribution is -2.05. The largest absolute Gasteiger partial charge is 0.493 e. The van der Waals surface area contributed by atoms with Crippen molar-refractivity contribution in [2.75, 3.05) is 6.61 Å². The van der Waals surface area contributed by atoms with Crippen LogP contribution in [0.2, 0.25) is 0 Å². The second-order valence-corrected chi connectivity index (χ2v) is 3.95. The number of ether oxygens (including phenoxy) is 1. The summed E-state index contributed by atoms with van der Waals surface area (Å²) in [5.74, 6) is 1.09. The number of Topliss-reactive ketones (excluding diaryl/α,β-unsaturated/α-hetero) is 1. The fourth-order valence-electron chi connectivity index (χ4n) is 1.44. The highest BCUT2D eigenvalue weighted by Crippen LogP contribution is 2.25. The molecule has 0 heterocycles. The van der Waals surface area contributed by atoms with Crippen molar-refractivity contribution >= 4 is 5.78 Å². The van der Waals surface area contributed by atoms with E-state index in [-0.39, 0.29) is 5.78 Å². The van der Waals surface area contributed by atoms with Gasteiger partial charge >= 0.3 is 0 Å². The third-order valence-electron chi connectivity index (χ3n) is 2.57. The van der Waals surface area contributed by atoms with Crippen molar-refractivity contribution in [3.63, 3.8) is 0 Å². The van der Waals surface area contributed by atoms with Gasteiger partial charge in [-0.05, 0) is 44.4 Å². The molecular formula is C13H18O2. The fraction of sp³-hybridized carbons (Fsp3) is 0.462. The van der Waals surface area contributed by atoms with Gasteiger partial charge in [0.1, 0.15) is 11.5 Å². The first-order valence-corrected chi connectivity index (χ1v) is 5.21. The van der Waals surface area contributed by atoms with Crippen molar-refractivity contribution in [3.8, 4) is 5.75 Å². The number of ketones is 1. The highest BCUT2D eigenvalue weighted by molar-refractivity contribution is 5.75. The number of rotatable bonds is 4. The molecule has 0 aliphatic rings. The lowest BCUT2D eigenvalue weighted by molar-refractivity contribution is -0.117. The molecule has 0 fully saturated rings. The number of carbonyl (C=O) groups is 1. The van der Waals surface area contributed by atoms with E-state index in [0.717, 1.165) is 11.3 Å². The van der Waals surface area contributed by atoms with Crippen LogP contribution in [0.15, 0.2) is 12.1 Å². The summed E-state index contributed by atoms with van der Waals surface area (Å²) in [7, 11) is 0. The number of carbonyl (C=O) groups excluding carboxylic acids is 1. The topological polar surface area (TPSA) is 26.3 Å². The number of benzene rings is 1. The molecule has 0 saturated heterocycles. The van der Waals surface area contributed by atoms with Crippen LogP contribution >= 0.6 is 0 Å². The number of hydrogen-bond acceptors (Lipinski definition) is 2. The summed E-state index contributed by atoms with van der Waals surface area (Å²) in [5, 5.41) is 0. The smallest absolute Gasteiger partial charge is 0.133 e. The van der Waals surface area contributed by atoms with E-state index in [4.69, 9.17) is 4.74 Å². The molecule has 0 saturated carbocycles. The molecule has 1 rings (SSSR count). The van der Waals surface area contributed by atoms with Crippen LogP contribution < -0.4 is 4.74 Å². The molecule has 0 bridgehead atoms. The maximum Gasteiger partial charge on any atom is 0.133 e. The van der Waals surface area contributed by atoms with Crippen molar-refractivity contribution < 1.29 is 9.53 Å². The Morgan fingerprint density at radius 3 is 2.40 bits per heavy atom. The minimum atomic E-state index is 0.165. The van der Waals surface area contributed by atoms with Crippen molar-refractivity contribution in [1.29, 1.82) is 0 Å². The molecule has 15 heavy (non-hydrogen) atoms. The molecule has 0 amide bonds. The van der Waals surface area contributed by atoms with E-state index in [0.29, 0.717) is 13.0 Å². The first-order chi connectivity index (χ1) is 7.02. The molecular weight excluding hydrogens is 188 g/mol. The summed E-state index contributed by atoms with van der Waals surface area (Å²) < 4.78 is 5.64. The SMILES string of the molecule is CC(=O)CCOc1c(C)ccc(C)c1C. The second-order valence-electron chi connectivity index (χ2n) is 3.95. The van der Waals surface area contributed by atoms with Gasteiger partial charge in [-0.2, -0.15) is 0 Å². The monoisotopic (exact) mass is 206 g/mol. The van der Waals surface area contributed by atoms with Gasteiger partial charge in [0.2, 0.25) is 0 Å². The molecule has 1 aromatic rings. The summed E-state index contributed by atoms with van der Waals surface area (Å²) in [6.45, 7) is 8.19. The van der Waals surface area contributed by atoms with Gasteiger partial charge in [-0.25, -0.2) is 0 Å². The maximum atomic E-state index is 10.8. The molecule has 0 spiro atoms. The average molecular weight is 206 g/mol. The van der Waals surface area contributed by atoms with Gasteiger partial charge in [-0.15, -0.1) is 0 Å². The van der Waals surface area contributed by atoms with Crippen LogP contribution in [0.4, 0.5) is 0 Å². The van der Waals surface area contributed by atoms with Crippen molar-refractivity contribution in [3.05, 3.63) is 28.8 Å². The third kappa shape index (κ3) is 3.08. The van der Waals surface area contributed by atoms with Crippen LogP contribution in [0.1, 0.15) is 30.0 Å². The van der Waals surface area contributed by atoms with Gasteiger partial charge in [-0.1, -0.05) is 12.1 Å². The average Bonchev–Trinajstić information content (AvgIpc) is 2.17. The Hall–Kier alpha value is -1.31. The predicted molar refractivity (Wildman–Crippen MR) is 61.4 cm³/mol. The predicted octanol–water partition coefficient (Wildman–Crippen LogP) is 2.97. The van der Waals surface area contributed by atoms with Crippen molar-refractivity contribution in [2.45, 2.75) is 34.1 Å². The summed E-state index contributed by atoms with van der Waals surface area (Å²) >= 11 is 0. The molecule has 0 atom stereocenters. The van der Waals surface area contributed by atoms with Crippen LogP contribution in [0.25, 0.3) is 0 Å². The minimum Gasteiger partial charge on any atom is -0.493 e. The van der Waals surface area contributed by atoms with Crippen LogP contribution in [0.5, 0.6) is 5.75 Å². The van der Waals surface area contributed by atoms with Gasteiger partial charge in [0.05, 0.1) is 6.61 Å². The fourth-order valence-corrected chi connectivity index (χ4v) is 1.44. The quantitative estimate of drug-likeness (QED) is 0.757. The van der Waals surface area contributed by atoms with E-state index in [1.807, 2.05) is 19.9 Å².